The van der Waals surface area contributed by atoms with Crippen LogP contribution < -0.4 is 5.32 Å². The molecule has 0 aliphatic carbocycles. The van der Waals surface area contributed by atoms with Gasteiger partial charge in [-0.1, -0.05) is 35.9 Å². The fourth-order valence-electron chi connectivity index (χ4n) is 3.01. The summed E-state index contributed by atoms with van der Waals surface area (Å²) in [4.78, 5) is 0. The van der Waals surface area contributed by atoms with Crippen LogP contribution >= 0.6 is 0 Å². The van der Waals surface area contributed by atoms with Crippen molar-refractivity contribution in [1.82, 2.24) is 0 Å². The second-order valence-electron chi connectivity index (χ2n) is 5.80. The molecule has 0 saturated heterocycles. The largest absolute Gasteiger partial charge is 0.377 e. The highest BCUT2D eigenvalue weighted by molar-refractivity contribution is 5.65. The van der Waals surface area contributed by atoms with E-state index in [1.807, 2.05) is 0 Å². The number of anilines is 1. The van der Waals surface area contributed by atoms with Gasteiger partial charge in [0.05, 0.1) is 6.04 Å². The monoisotopic (exact) mass is 251 g/mol. The van der Waals surface area contributed by atoms with E-state index in [-0.39, 0.29) is 0 Å². The predicted octanol–water partition coefficient (Wildman–Crippen LogP) is 4.63. The molecule has 1 N–H and O–H groups in total. The molecule has 1 heteroatoms. The molecule has 2 aromatic rings. The molecule has 0 aromatic heterocycles. The smallest absolute Gasteiger partial charge is 0.0557 e. The van der Waals surface area contributed by atoms with Crippen LogP contribution in [0.1, 0.15) is 39.4 Å². The van der Waals surface area contributed by atoms with Gasteiger partial charge >= 0.3 is 0 Å². The van der Waals surface area contributed by atoms with Gasteiger partial charge in [-0.25, -0.2) is 0 Å². The zero-order valence-electron chi connectivity index (χ0n) is 12.2. The number of nitrogens with one attached hydrogen (secondary N) is 1. The van der Waals surface area contributed by atoms with Crippen LogP contribution in [0.15, 0.2) is 30.3 Å². The van der Waals surface area contributed by atoms with E-state index in [1.165, 1.54) is 39.1 Å². The number of hydrogen-bond acceptors (Lipinski definition) is 1. The molecule has 0 saturated carbocycles. The average molecular weight is 251 g/mol. The highest BCUT2D eigenvalue weighted by Gasteiger charge is 2.24. The van der Waals surface area contributed by atoms with Crippen molar-refractivity contribution in [2.45, 2.75) is 40.2 Å². The van der Waals surface area contributed by atoms with Crippen LogP contribution in [0.3, 0.4) is 0 Å². The van der Waals surface area contributed by atoms with Gasteiger partial charge in [0.1, 0.15) is 0 Å². The van der Waals surface area contributed by atoms with E-state index in [4.69, 9.17) is 0 Å². The van der Waals surface area contributed by atoms with Crippen molar-refractivity contribution in [3.05, 3.63) is 63.7 Å². The van der Waals surface area contributed by atoms with Gasteiger partial charge < -0.3 is 5.32 Å². The third kappa shape index (κ3) is 2.03. The number of fused-ring (bicyclic) bond motifs is 1. The Hall–Kier alpha value is -1.76. The van der Waals surface area contributed by atoms with E-state index in [1.54, 1.807) is 0 Å². The third-order valence-electron chi connectivity index (χ3n) is 4.37. The Bertz CT molecular complexity index is 640. The third-order valence-corrected chi connectivity index (χ3v) is 4.37. The lowest BCUT2D eigenvalue weighted by Crippen LogP contribution is -2.08. The van der Waals surface area contributed by atoms with E-state index in [2.05, 4.69) is 63.3 Å². The fraction of sp³-hybridized carbons (Fsp3) is 0.333. The molecule has 1 atom stereocenters. The average Bonchev–Trinajstić information content (AvgIpc) is 2.81. The van der Waals surface area contributed by atoms with Gasteiger partial charge in [-0.3, -0.25) is 0 Å². The minimum atomic E-state index is 0.426. The molecule has 1 unspecified atom stereocenters. The molecule has 0 spiro atoms. The standard InChI is InChI=1S/C18H21N/c1-11-5-6-13(3)16(9-11)17-10-15-8-7-12(2)14(4)18(15)19-17/h5-9,17,19H,10H2,1-4H3. The van der Waals surface area contributed by atoms with Crippen molar-refractivity contribution in [2.24, 2.45) is 0 Å². The topological polar surface area (TPSA) is 12.0 Å². The molecule has 2 aromatic carbocycles. The maximum atomic E-state index is 3.73. The lowest BCUT2D eigenvalue weighted by molar-refractivity contribution is 0.814. The molecule has 0 amide bonds. The van der Waals surface area contributed by atoms with Crippen molar-refractivity contribution in [1.29, 1.82) is 0 Å². The summed E-state index contributed by atoms with van der Waals surface area (Å²) in [5.41, 5.74) is 9.72. The van der Waals surface area contributed by atoms with E-state index in [9.17, 15) is 0 Å². The van der Waals surface area contributed by atoms with Crippen molar-refractivity contribution in [2.75, 3.05) is 5.32 Å². The highest BCUT2D eigenvalue weighted by Crippen LogP contribution is 2.38. The molecule has 98 valence electrons. The zero-order valence-corrected chi connectivity index (χ0v) is 12.2. The van der Waals surface area contributed by atoms with Gasteiger partial charge in [0.25, 0.3) is 0 Å². The lowest BCUT2D eigenvalue weighted by Gasteiger charge is -2.16. The summed E-state index contributed by atoms with van der Waals surface area (Å²) in [6.07, 6.45) is 1.10. The molecule has 0 bridgehead atoms. The van der Waals surface area contributed by atoms with Crippen LogP contribution in [0.25, 0.3) is 0 Å². The molecule has 0 radical (unpaired) electrons. The number of benzene rings is 2. The minimum absolute atomic E-state index is 0.426. The van der Waals surface area contributed by atoms with E-state index in [0.717, 1.165) is 6.42 Å². The minimum Gasteiger partial charge on any atom is -0.377 e. The van der Waals surface area contributed by atoms with E-state index in [0.29, 0.717) is 6.04 Å². The first-order valence-electron chi connectivity index (χ1n) is 6.99. The molecule has 1 heterocycles. The number of rotatable bonds is 1. The number of aryl methyl sites for hydroxylation is 3. The summed E-state index contributed by atoms with van der Waals surface area (Å²) >= 11 is 0. The first kappa shape index (κ1) is 12.3. The summed E-state index contributed by atoms with van der Waals surface area (Å²) < 4.78 is 0. The van der Waals surface area contributed by atoms with Gasteiger partial charge in [-0.15, -0.1) is 0 Å². The van der Waals surface area contributed by atoms with Gasteiger partial charge in [0.15, 0.2) is 0 Å². The molecule has 19 heavy (non-hydrogen) atoms. The Morgan fingerprint density at radius 3 is 2.47 bits per heavy atom. The van der Waals surface area contributed by atoms with E-state index >= 15 is 0 Å². The Morgan fingerprint density at radius 2 is 1.68 bits per heavy atom. The van der Waals surface area contributed by atoms with Crippen molar-refractivity contribution < 1.29 is 0 Å². The Kier molecular flexibility index (Phi) is 2.85. The van der Waals surface area contributed by atoms with Crippen LogP contribution in [-0.4, -0.2) is 0 Å². The first-order chi connectivity index (χ1) is 9.06. The molecular formula is C18H21N. The van der Waals surface area contributed by atoms with Gasteiger partial charge in [0, 0.05) is 5.69 Å². The lowest BCUT2D eigenvalue weighted by atomic mass is 9.96. The quantitative estimate of drug-likeness (QED) is 0.779. The fourth-order valence-corrected chi connectivity index (χ4v) is 3.01. The maximum Gasteiger partial charge on any atom is 0.0557 e. The number of hydrogen-bond donors (Lipinski definition) is 1. The molecule has 1 aliphatic rings. The normalized spacial score (nSPS) is 17.2. The molecular weight excluding hydrogens is 230 g/mol. The van der Waals surface area contributed by atoms with Crippen LogP contribution in [0.4, 0.5) is 5.69 Å². The van der Waals surface area contributed by atoms with E-state index < -0.39 is 0 Å². The van der Waals surface area contributed by atoms with Crippen molar-refractivity contribution in [3.63, 3.8) is 0 Å². The second kappa shape index (κ2) is 4.41. The zero-order chi connectivity index (χ0) is 13.6. The summed E-state index contributed by atoms with van der Waals surface area (Å²) in [6.45, 7) is 8.77. The van der Waals surface area contributed by atoms with Crippen molar-refractivity contribution >= 4 is 5.69 Å². The van der Waals surface area contributed by atoms with Crippen molar-refractivity contribution in [3.8, 4) is 0 Å². The second-order valence-corrected chi connectivity index (χ2v) is 5.80. The van der Waals surface area contributed by atoms with Crippen LogP contribution in [0.5, 0.6) is 0 Å². The van der Waals surface area contributed by atoms with Crippen LogP contribution in [0, 0.1) is 27.7 Å². The summed E-state index contributed by atoms with van der Waals surface area (Å²) in [7, 11) is 0. The van der Waals surface area contributed by atoms with Gasteiger partial charge in [0.2, 0.25) is 0 Å². The summed E-state index contributed by atoms with van der Waals surface area (Å²) in [6, 6.07) is 11.7. The summed E-state index contributed by atoms with van der Waals surface area (Å²) in [5, 5.41) is 3.73. The Balaban J connectivity index is 2.00. The molecule has 1 nitrogen and oxygen atoms in total. The Labute approximate surface area is 115 Å². The first-order valence-corrected chi connectivity index (χ1v) is 6.99. The Morgan fingerprint density at radius 1 is 0.947 bits per heavy atom. The van der Waals surface area contributed by atoms with Gasteiger partial charge in [-0.05, 0) is 61.9 Å². The molecule has 0 fully saturated rings. The highest BCUT2D eigenvalue weighted by atomic mass is 15.0. The SMILES string of the molecule is Cc1ccc(C)c(C2Cc3ccc(C)c(C)c3N2)c1. The molecule has 3 rings (SSSR count). The maximum absolute atomic E-state index is 3.73. The van der Waals surface area contributed by atoms with Crippen LogP contribution in [0.2, 0.25) is 0 Å². The molecule has 1 aliphatic heterocycles. The van der Waals surface area contributed by atoms with Gasteiger partial charge in [-0.2, -0.15) is 0 Å². The predicted molar refractivity (Wildman–Crippen MR) is 81.9 cm³/mol. The summed E-state index contributed by atoms with van der Waals surface area (Å²) in [5.74, 6) is 0. The van der Waals surface area contributed by atoms with Crippen LogP contribution in [-0.2, 0) is 6.42 Å².